The molecule has 0 aliphatic heterocycles. The standard InChI is InChI=1S/C6H13NO3.ClH/c7-3-1-4(8)6(10)5(9)2-3;/h3-6,8-10H,1-2,7H2;1H/t3?,4-,5-,6?;/m1./s1. The number of nitrogens with two attached hydrogens (primary N) is 1. The number of aliphatic hydroxyl groups excluding tert-OH is 3. The summed E-state index contributed by atoms with van der Waals surface area (Å²) in [5.74, 6) is 0. The van der Waals surface area contributed by atoms with Crippen LogP contribution in [0.25, 0.3) is 0 Å². The predicted molar refractivity (Wildman–Crippen MR) is 42.5 cm³/mol. The van der Waals surface area contributed by atoms with Gasteiger partial charge in [-0.1, -0.05) is 0 Å². The van der Waals surface area contributed by atoms with E-state index in [1.165, 1.54) is 0 Å². The van der Waals surface area contributed by atoms with Crippen molar-refractivity contribution in [2.45, 2.75) is 37.2 Å². The van der Waals surface area contributed by atoms with Crippen LogP contribution in [-0.2, 0) is 0 Å². The second-order valence-electron chi connectivity index (χ2n) is 2.86. The lowest BCUT2D eigenvalue weighted by molar-refractivity contribution is -0.0891. The van der Waals surface area contributed by atoms with Crippen molar-refractivity contribution in [3.8, 4) is 0 Å². The summed E-state index contributed by atoms with van der Waals surface area (Å²) in [6, 6.07) is -0.187. The van der Waals surface area contributed by atoms with Crippen LogP contribution in [0.15, 0.2) is 0 Å². The zero-order valence-electron chi connectivity index (χ0n) is 6.05. The molecular formula is C6H14ClNO3. The predicted octanol–water partition coefficient (Wildman–Crippen LogP) is -1.39. The van der Waals surface area contributed by atoms with Gasteiger partial charge in [-0.25, -0.2) is 0 Å². The summed E-state index contributed by atoms with van der Waals surface area (Å²) in [7, 11) is 0. The second kappa shape index (κ2) is 4.23. The minimum Gasteiger partial charge on any atom is -0.390 e. The number of hydrogen-bond donors (Lipinski definition) is 4. The van der Waals surface area contributed by atoms with Gasteiger partial charge >= 0.3 is 0 Å². The third-order valence-corrected chi connectivity index (χ3v) is 1.88. The monoisotopic (exact) mass is 183 g/mol. The molecule has 0 saturated heterocycles. The Bertz CT molecular complexity index is 112. The van der Waals surface area contributed by atoms with E-state index in [1.54, 1.807) is 0 Å². The van der Waals surface area contributed by atoms with Crippen molar-refractivity contribution >= 4 is 12.4 Å². The average Bonchev–Trinajstić information content (AvgIpc) is 1.82. The van der Waals surface area contributed by atoms with Gasteiger partial charge in [-0.3, -0.25) is 0 Å². The molecule has 4 nitrogen and oxygen atoms in total. The Morgan fingerprint density at radius 1 is 1.00 bits per heavy atom. The molecule has 0 aromatic heterocycles. The van der Waals surface area contributed by atoms with Crippen LogP contribution in [0, 0.1) is 0 Å². The Morgan fingerprint density at radius 3 is 1.73 bits per heavy atom. The van der Waals surface area contributed by atoms with Crippen LogP contribution in [0.4, 0.5) is 0 Å². The average molecular weight is 184 g/mol. The first-order valence-corrected chi connectivity index (χ1v) is 3.41. The second-order valence-corrected chi connectivity index (χ2v) is 2.86. The fourth-order valence-corrected chi connectivity index (χ4v) is 1.25. The van der Waals surface area contributed by atoms with Crippen molar-refractivity contribution in [2.24, 2.45) is 5.73 Å². The summed E-state index contributed by atoms with van der Waals surface area (Å²) >= 11 is 0. The van der Waals surface area contributed by atoms with E-state index in [0.717, 1.165) is 0 Å². The summed E-state index contributed by atoms with van der Waals surface area (Å²) < 4.78 is 0. The molecular weight excluding hydrogens is 170 g/mol. The molecule has 1 saturated carbocycles. The van der Waals surface area contributed by atoms with Gasteiger partial charge in [-0.15, -0.1) is 12.4 Å². The van der Waals surface area contributed by atoms with E-state index >= 15 is 0 Å². The Hall–Kier alpha value is 0.130. The van der Waals surface area contributed by atoms with Gasteiger partial charge < -0.3 is 21.1 Å². The molecule has 0 heterocycles. The molecule has 0 unspecified atom stereocenters. The molecule has 0 amide bonds. The number of halogens is 1. The molecule has 11 heavy (non-hydrogen) atoms. The van der Waals surface area contributed by atoms with Crippen LogP contribution >= 0.6 is 12.4 Å². The van der Waals surface area contributed by atoms with E-state index in [0.29, 0.717) is 12.8 Å². The highest BCUT2D eigenvalue weighted by atomic mass is 35.5. The van der Waals surface area contributed by atoms with Crippen molar-refractivity contribution < 1.29 is 15.3 Å². The minimum absolute atomic E-state index is 0. The van der Waals surface area contributed by atoms with Crippen molar-refractivity contribution in [1.29, 1.82) is 0 Å². The van der Waals surface area contributed by atoms with E-state index < -0.39 is 18.3 Å². The van der Waals surface area contributed by atoms with Gasteiger partial charge in [0.05, 0.1) is 12.2 Å². The first-order valence-electron chi connectivity index (χ1n) is 3.41. The van der Waals surface area contributed by atoms with E-state index in [-0.39, 0.29) is 18.4 Å². The van der Waals surface area contributed by atoms with Gasteiger partial charge in [-0.2, -0.15) is 0 Å². The minimum atomic E-state index is -1.01. The third kappa shape index (κ3) is 2.57. The topological polar surface area (TPSA) is 86.7 Å². The van der Waals surface area contributed by atoms with Gasteiger partial charge in [0.25, 0.3) is 0 Å². The maximum Gasteiger partial charge on any atom is 0.106 e. The molecule has 0 radical (unpaired) electrons. The van der Waals surface area contributed by atoms with Crippen LogP contribution in [-0.4, -0.2) is 39.7 Å². The highest BCUT2D eigenvalue weighted by molar-refractivity contribution is 5.85. The van der Waals surface area contributed by atoms with Crippen molar-refractivity contribution in [3.63, 3.8) is 0 Å². The highest BCUT2D eigenvalue weighted by Crippen LogP contribution is 2.17. The maximum absolute atomic E-state index is 9.03. The Kier molecular flexibility index (Phi) is 4.28. The maximum atomic E-state index is 9.03. The molecule has 68 valence electrons. The van der Waals surface area contributed by atoms with Gasteiger partial charge in [0.1, 0.15) is 6.10 Å². The Labute approximate surface area is 71.4 Å². The summed E-state index contributed by atoms with van der Waals surface area (Å²) in [6.07, 6.45) is -1.99. The number of hydrogen-bond acceptors (Lipinski definition) is 4. The Balaban J connectivity index is 0.000001000. The SMILES string of the molecule is Cl.NC1C[C@@H](O)C(O)[C@H](O)C1. The molecule has 0 aromatic carbocycles. The lowest BCUT2D eigenvalue weighted by Gasteiger charge is -2.31. The molecule has 1 fully saturated rings. The summed E-state index contributed by atoms with van der Waals surface area (Å²) in [4.78, 5) is 0. The molecule has 1 rings (SSSR count). The van der Waals surface area contributed by atoms with Crippen LogP contribution in [0.3, 0.4) is 0 Å². The molecule has 1 aliphatic carbocycles. The molecule has 5 heteroatoms. The van der Waals surface area contributed by atoms with Crippen LogP contribution in [0.2, 0.25) is 0 Å². The van der Waals surface area contributed by atoms with E-state index in [4.69, 9.17) is 21.1 Å². The lowest BCUT2D eigenvalue weighted by atomic mass is 9.89. The molecule has 1 aliphatic rings. The zero-order chi connectivity index (χ0) is 7.72. The van der Waals surface area contributed by atoms with E-state index in [1.807, 2.05) is 0 Å². The van der Waals surface area contributed by atoms with Gasteiger partial charge in [0.15, 0.2) is 0 Å². The summed E-state index contributed by atoms with van der Waals surface area (Å²) in [5.41, 5.74) is 5.45. The highest BCUT2D eigenvalue weighted by Gasteiger charge is 2.32. The first kappa shape index (κ1) is 11.1. The summed E-state index contributed by atoms with van der Waals surface area (Å²) in [5, 5.41) is 27.1. The fourth-order valence-electron chi connectivity index (χ4n) is 1.25. The molecule has 0 bridgehead atoms. The third-order valence-electron chi connectivity index (χ3n) is 1.88. The number of rotatable bonds is 0. The normalized spacial score (nSPS) is 44.7. The lowest BCUT2D eigenvalue weighted by Crippen LogP contribution is -2.48. The van der Waals surface area contributed by atoms with Crippen molar-refractivity contribution in [1.82, 2.24) is 0 Å². The number of aliphatic hydroxyl groups is 3. The van der Waals surface area contributed by atoms with Crippen molar-refractivity contribution in [3.05, 3.63) is 0 Å². The quantitative estimate of drug-likeness (QED) is 0.373. The smallest absolute Gasteiger partial charge is 0.106 e. The molecule has 0 aromatic rings. The van der Waals surface area contributed by atoms with Crippen molar-refractivity contribution in [2.75, 3.05) is 0 Å². The molecule has 0 spiro atoms. The van der Waals surface area contributed by atoms with E-state index in [2.05, 4.69) is 0 Å². The molecule has 2 atom stereocenters. The van der Waals surface area contributed by atoms with Crippen LogP contribution in [0.1, 0.15) is 12.8 Å². The largest absolute Gasteiger partial charge is 0.390 e. The zero-order valence-corrected chi connectivity index (χ0v) is 6.87. The van der Waals surface area contributed by atoms with E-state index in [9.17, 15) is 0 Å². The fraction of sp³-hybridized carbons (Fsp3) is 1.00. The van der Waals surface area contributed by atoms with Crippen LogP contribution in [0.5, 0.6) is 0 Å². The summed E-state index contributed by atoms with van der Waals surface area (Å²) in [6.45, 7) is 0. The molecule has 5 N–H and O–H groups in total. The first-order chi connectivity index (χ1) is 4.61. The van der Waals surface area contributed by atoms with Gasteiger partial charge in [0.2, 0.25) is 0 Å². The van der Waals surface area contributed by atoms with Gasteiger partial charge in [-0.05, 0) is 12.8 Å². The van der Waals surface area contributed by atoms with Gasteiger partial charge in [0, 0.05) is 6.04 Å². The van der Waals surface area contributed by atoms with Crippen LogP contribution < -0.4 is 5.73 Å². The Morgan fingerprint density at radius 2 is 1.36 bits per heavy atom.